The van der Waals surface area contributed by atoms with E-state index in [1.54, 1.807) is 6.07 Å². The molecule has 1 aliphatic carbocycles. The Morgan fingerprint density at radius 3 is 2.64 bits per heavy atom. The quantitative estimate of drug-likeness (QED) is 0.590. The average Bonchev–Trinajstić information content (AvgIpc) is 3.17. The second kappa shape index (κ2) is 8.15. The number of carbonyl (C=O) groups is 1. The number of para-hydroxylation sites is 1. The fourth-order valence-corrected chi connectivity index (χ4v) is 4.15. The molecular formula is C23H28N4O. The molecule has 4 N–H and O–H groups in total. The number of nitrogens with zero attached hydrogens (tertiary/aromatic N) is 1. The third-order valence-corrected chi connectivity index (χ3v) is 5.90. The Bertz CT molecular complexity index is 954. The van der Waals surface area contributed by atoms with Gasteiger partial charge in [0.05, 0.1) is 11.1 Å². The normalized spacial score (nSPS) is 16.3. The van der Waals surface area contributed by atoms with Crippen molar-refractivity contribution in [3.05, 3.63) is 53.6 Å². The first kappa shape index (κ1) is 18.7. The zero-order valence-corrected chi connectivity index (χ0v) is 16.4. The van der Waals surface area contributed by atoms with E-state index in [9.17, 15) is 4.79 Å². The molecule has 3 aromatic rings. The molecule has 1 saturated carbocycles. The van der Waals surface area contributed by atoms with E-state index >= 15 is 0 Å². The number of amides is 1. The summed E-state index contributed by atoms with van der Waals surface area (Å²) in [5.74, 6) is 1.11. The summed E-state index contributed by atoms with van der Waals surface area (Å²) >= 11 is 0. The second-order valence-electron chi connectivity index (χ2n) is 7.91. The molecule has 5 nitrogen and oxygen atoms in total. The molecule has 1 heterocycles. The van der Waals surface area contributed by atoms with Gasteiger partial charge < -0.3 is 16.0 Å². The van der Waals surface area contributed by atoms with Gasteiger partial charge in [-0.2, -0.15) is 0 Å². The molecule has 5 heteroatoms. The topological polar surface area (TPSA) is 83.8 Å². The van der Waals surface area contributed by atoms with E-state index in [4.69, 9.17) is 5.73 Å². The van der Waals surface area contributed by atoms with Gasteiger partial charge in [0.15, 0.2) is 0 Å². The van der Waals surface area contributed by atoms with Crippen LogP contribution in [0.5, 0.6) is 0 Å². The number of fused-ring (bicyclic) bond motifs is 1. The largest absolute Gasteiger partial charge is 0.366 e. The Morgan fingerprint density at radius 1 is 1.18 bits per heavy atom. The highest BCUT2D eigenvalue weighted by Gasteiger charge is 2.15. The highest BCUT2D eigenvalue weighted by molar-refractivity contribution is 6.04. The maximum absolute atomic E-state index is 11.6. The Morgan fingerprint density at radius 2 is 1.93 bits per heavy atom. The number of imidazole rings is 1. The molecule has 2 aromatic carbocycles. The van der Waals surface area contributed by atoms with Crippen LogP contribution in [-0.4, -0.2) is 22.4 Å². The first-order chi connectivity index (χ1) is 13.6. The molecule has 4 rings (SSSR count). The molecular weight excluding hydrogens is 348 g/mol. The number of nitrogens with one attached hydrogen (secondary N) is 2. The monoisotopic (exact) mass is 376 g/mol. The maximum atomic E-state index is 11.6. The third-order valence-electron chi connectivity index (χ3n) is 5.90. The Kier molecular flexibility index (Phi) is 5.44. The van der Waals surface area contributed by atoms with Gasteiger partial charge in [-0.1, -0.05) is 49.6 Å². The Hall–Kier alpha value is -2.66. The van der Waals surface area contributed by atoms with Crippen molar-refractivity contribution < 1.29 is 4.79 Å². The van der Waals surface area contributed by atoms with Crippen LogP contribution in [0.2, 0.25) is 0 Å². The lowest BCUT2D eigenvalue weighted by Gasteiger charge is -2.24. The van der Waals surface area contributed by atoms with Crippen molar-refractivity contribution in [3.63, 3.8) is 0 Å². The summed E-state index contributed by atoms with van der Waals surface area (Å²) in [7, 11) is 0. The van der Waals surface area contributed by atoms with E-state index in [0.717, 1.165) is 29.4 Å². The van der Waals surface area contributed by atoms with Gasteiger partial charge in [-0.05, 0) is 49.9 Å². The molecule has 1 amide bonds. The molecule has 0 saturated heterocycles. The number of aromatic nitrogens is 2. The maximum Gasteiger partial charge on any atom is 0.250 e. The van der Waals surface area contributed by atoms with Gasteiger partial charge in [-0.25, -0.2) is 4.98 Å². The van der Waals surface area contributed by atoms with Gasteiger partial charge in [-0.3, -0.25) is 4.79 Å². The van der Waals surface area contributed by atoms with E-state index in [0.29, 0.717) is 17.1 Å². The third kappa shape index (κ3) is 3.94. The van der Waals surface area contributed by atoms with Crippen molar-refractivity contribution in [3.8, 4) is 11.4 Å². The van der Waals surface area contributed by atoms with Crippen molar-refractivity contribution in [2.45, 2.75) is 45.1 Å². The molecule has 0 radical (unpaired) electrons. The van der Waals surface area contributed by atoms with Gasteiger partial charge in [0.25, 0.3) is 5.91 Å². The molecule has 0 bridgehead atoms. The van der Waals surface area contributed by atoms with Gasteiger partial charge in [-0.15, -0.1) is 0 Å². The molecule has 1 atom stereocenters. The van der Waals surface area contributed by atoms with Gasteiger partial charge in [0.1, 0.15) is 11.3 Å². The predicted octanol–water partition coefficient (Wildman–Crippen LogP) is 4.56. The number of hydrogen-bond acceptors (Lipinski definition) is 3. The van der Waals surface area contributed by atoms with Crippen molar-refractivity contribution >= 4 is 16.9 Å². The van der Waals surface area contributed by atoms with Crippen LogP contribution in [0.15, 0.2) is 42.5 Å². The molecule has 146 valence electrons. The second-order valence-corrected chi connectivity index (χ2v) is 7.91. The summed E-state index contributed by atoms with van der Waals surface area (Å²) in [5.41, 5.74) is 9.61. The predicted molar refractivity (Wildman–Crippen MR) is 113 cm³/mol. The van der Waals surface area contributed by atoms with Crippen LogP contribution >= 0.6 is 0 Å². The van der Waals surface area contributed by atoms with Crippen LogP contribution in [0.4, 0.5) is 0 Å². The van der Waals surface area contributed by atoms with Crippen molar-refractivity contribution in [1.82, 2.24) is 15.3 Å². The molecule has 1 aliphatic rings. The van der Waals surface area contributed by atoms with Crippen LogP contribution in [0, 0.1) is 5.92 Å². The molecule has 28 heavy (non-hydrogen) atoms. The fourth-order valence-electron chi connectivity index (χ4n) is 4.15. The molecule has 1 aromatic heterocycles. The summed E-state index contributed by atoms with van der Waals surface area (Å²) < 4.78 is 0. The zero-order chi connectivity index (χ0) is 19.5. The number of primary amides is 1. The highest BCUT2D eigenvalue weighted by Crippen LogP contribution is 2.26. The van der Waals surface area contributed by atoms with Gasteiger partial charge >= 0.3 is 0 Å². The van der Waals surface area contributed by atoms with Crippen molar-refractivity contribution in [2.75, 3.05) is 6.54 Å². The van der Waals surface area contributed by atoms with Crippen molar-refractivity contribution in [2.24, 2.45) is 11.7 Å². The van der Waals surface area contributed by atoms with Crippen LogP contribution in [0.25, 0.3) is 22.4 Å². The van der Waals surface area contributed by atoms with Crippen LogP contribution in [-0.2, 0) is 0 Å². The summed E-state index contributed by atoms with van der Waals surface area (Å²) in [6.07, 6.45) is 6.88. The fraction of sp³-hybridized carbons (Fsp3) is 0.391. The summed E-state index contributed by atoms with van der Waals surface area (Å²) in [6.45, 7) is 3.32. The summed E-state index contributed by atoms with van der Waals surface area (Å²) in [5, 5.41) is 3.69. The number of H-pyrrole nitrogens is 1. The number of carbonyl (C=O) groups excluding carboxylic acids is 1. The first-order valence-electron chi connectivity index (χ1n) is 10.2. The number of benzene rings is 2. The number of nitrogens with two attached hydrogens (primary N) is 1. The minimum atomic E-state index is -0.461. The van der Waals surface area contributed by atoms with E-state index in [-0.39, 0.29) is 0 Å². The number of hydrogen-bond donors (Lipinski definition) is 3. The standard InChI is InChI=1S/C23H28N4O/c1-15(25-14-16-6-3-2-4-7-16)17-10-12-18(13-11-17)23-26-20-9-5-8-19(22(24)28)21(20)27-23/h5,8-13,15-16,25H,2-4,6-7,14H2,1H3,(H2,24,28)(H,26,27). The summed E-state index contributed by atoms with van der Waals surface area (Å²) in [4.78, 5) is 19.5. The lowest BCUT2D eigenvalue weighted by atomic mass is 9.89. The average molecular weight is 377 g/mol. The zero-order valence-electron chi connectivity index (χ0n) is 16.4. The van der Waals surface area contributed by atoms with E-state index < -0.39 is 5.91 Å². The molecule has 1 fully saturated rings. The van der Waals surface area contributed by atoms with E-state index in [1.807, 2.05) is 12.1 Å². The van der Waals surface area contributed by atoms with E-state index in [2.05, 4.69) is 46.5 Å². The number of rotatable bonds is 6. The molecule has 0 spiro atoms. The minimum absolute atomic E-state index is 0.327. The van der Waals surface area contributed by atoms with Gasteiger partial charge in [0, 0.05) is 11.6 Å². The van der Waals surface area contributed by atoms with Crippen LogP contribution in [0.1, 0.15) is 61.0 Å². The lowest BCUT2D eigenvalue weighted by molar-refractivity contribution is 0.100. The highest BCUT2D eigenvalue weighted by atomic mass is 16.1. The van der Waals surface area contributed by atoms with Crippen LogP contribution in [0.3, 0.4) is 0 Å². The Labute approximate surface area is 165 Å². The number of aromatic amines is 1. The van der Waals surface area contributed by atoms with E-state index in [1.165, 1.54) is 37.7 Å². The van der Waals surface area contributed by atoms with Gasteiger partial charge in [0.2, 0.25) is 0 Å². The molecule has 0 aliphatic heterocycles. The smallest absolute Gasteiger partial charge is 0.250 e. The minimum Gasteiger partial charge on any atom is -0.366 e. The first-order valence-corrected chi connectivity index (χ1v) is 10.2. The lowest BCUT2D eigenvalue weighted by Crippen LogP contribution is -2.27. The Balaban J connectivity index is 1.47. The molecule has 1 unspecified atom stereocenters. The van der Waals surface area contributed by atoms with Crippen LogP contribution < -0.4 is 11.1 Å². The SMILES string of the molecule is CC(NCC1CCCCC1)c1ccc(-c2nc3c(C(N)=O)cccc3[nH]2)cc1. The summed E-state index contributed by atoms with van der Waals surface area (Å²) in [6, 6.07) is 14.2. The van der Waals surface area contributed by atoms with Crippen molar-refractivity contribution in [1.29, 1.82) is 0 Å².